The Hall–Kier alpha value is -3.41. The lowest BCUT2D eigenvalue weighted by Crippen LogP contribution is -2.38. The molecule has 2 unspecified atom stereocenters. The van der Waals surface area contributed by atoms with E-state index >= 15 is 0 Å². The van der Waals surface area contributed by atoms with Crippen LogP contribution in [0.25, 0.3) is 0 Å². The summed E-state index contributed by atoms with van der Waals surface area (Å²) in [6.07, 6.45) is 5.02. The molecule has 2 aromatic carbocycles. The standard InChI is InChI=1S/C25H28N4O2/c1-18(27-25(31)20-11-6-3-7-12-20)15-24(30)28-22-13-8-14-23-21(22)16-26-29(23)17-19-9-4-2-5-10-19/h2-7,9-12,16,18,22H,8,13-15,17H2,1H3,(H,27,31)(H,28,30). The van der Waals surface area contributed by atoms with E-state index in [1.165, 1.54) is 11.3 Å². The van der Waals surface area contributed by atoms with Crippen molar-refractivity contribution in [3.63, 3.8) is 0 Å². The molecule has 0 radical (unpaired) electrons. The summed E-state index contributed by atoms with van der Waals surface area (Å²) in [5.74, 6) is -0.224. The van der Waals surface area contributed by atoms with Crippen molar-refractivity contribution in [2.75, 3.05) is 0 Å². The summed E-state index contributed by atoms with van der Waals surface area (Å²) in [4.78, 5) is 24.9. The largest absolute Gasteiger partial charge is 0.349 e. The van der Waals surface area contributed by atoms with Crippen molar-refractivity contribution in [3.8, 4) is 0 Å². The molecule has 0 spiro atoms. The van der Waals surface area contributed by atoms with Gasteiger partial charge < -0.3 is 10.6 Å². The second-order valence-corrected chi connectivity index (χ2v) is 8.15. The van der Waals surface area contributed by atoms with Crippen molar-refractivity contribution in [3.05, 3.63) is 89.2 Å². The fourth-order valence-electron chi connectivity index (χ4n) is 4.14. The normalized spacial score (nSPS) is 16.2. The van der Waals surface area contributed by atoms with Crippen LogP contribution in [0.4, 0.5) is 0 Å². The van der Waals surface area contributed by atoms with Crippen molar-refractivity contribution in [1.29, 1.82) is 0 Å². The minimum atomic E-state index is -0.253. The SMILES string of the molecule is CC(CC(=O)NC1CCCc2c1cnn2Cc1ccccc1)NC(=O)c1ccccc1. The average molecular weight is 417 g/mol. The molecule has 1 heterocycles. The number of nitrogens with one attached hydrogen (secondary N) is 2. The first-order valence-corrected chi connectivity index (χ1v) is 10.8. The minimum Gasteiger partial charge on any atom is -0.349 e. The first kappa shape index (κ1) is 20.8. The lowest BCUT2D eigenvalue weighted by atomic mass is 9.92. The molecule has 0 fully saturated rings. The molecular formula is C25H28N4O2. The zero-order valence-electron chi connectivity index (χ0n) is 17.8. The Morgan fingerprint density at radius 2 is 1.81 bits per heavy atom. The van der Waals surface area contributed by atoms with Crippen LogP contribution in [-0.2, 0) is 17.8 Å². The maximum atomic E-state index is 12.7. The topological polar surface area (TPSA) is 76.0 Å². The predicted molar refractivity (Wildman–Crippen MR) is 120 cm³/mol. The van der Waals surface area contributed by atoms with E-state index in [1.807, 2.05) is 54.2 Å². The highest BCUT2D eigenvalue weighted by Gasteiger charge is 2.26. The number of hydrogen-bond donors (Lipinski definition) is 2. The lowest BCUT2D eigenvalue weighted by Gasteiger charge is -2.25. The van der Waals surface area contributed by atoms with Crippen molar-refractivity contribution in [2.45, 2.75) is 51.2 Å². The molecule has 1 aliphatic carbocycles. The highest BCUT2D eigenvalue weighted by molar-refractivity contribution is 5.94. The summed E-state index contributed by atoms with van der Waals surface area (Å²) in [6.45, 7) is 2.59. The second-order valence-electron chi connectivity index (χ2n) is 8.15. The van der Waals surface area contributed by atoms with Gasteiger partial charge in [0.05, 0.1) is 18.8 Å². The Kier molecular flexibility index (Phi) is 6.46. The highest BCUT2D eigenvalue weighted by atomic mass is 16.2. The third-order valence-corrected chi connectivity index (χ3v) is 5.68. The van der Waals surface area contributed by atoms with Gasteiger partial charge in [0.2, 0.25) is 5.91 Å². The van der Waals surface area contributed by atoms with Gasteiger partial charge in [0.1, 0.15) is 0 Å². The molecule has 31 heavy (non-hydrogen) atoms. The molecule has 160 valence electrons. The van der Waals surface area contributed by atoms with E-state index in [-0.39, 0.29) is 30.3 Å². The second kappa shape index (κ2) is 9.60. The highest BCUT2D eigenvalue weighted by Crippen LogP contribution is 2.30. The van der Waals surface area contributed by atoms with Crippen molar-refractivity contribution in [1.82, 2.24) is 20.4 Å². The van der Waals surface area contributed by atoms with E-state index in [0.717, 1.165) is 31.4 Å². The van der Waals surface area contributed by atoms with Crippen LogP contribution in [-0.4, -0.2) is 27.6 Å². The molecule has 3 aromatic rings. The molecular weight excluding hydrogens is 388 g/mol. The van der Waals surface area contributed by atoms with E-state index in [0.29, 0.717) is 5.56 Å². The Balaban J connectivity index is 1.35. The van der Waals surface area contributed by atoms with Gasteiger partial charge in [-0.3, -0.25) is 14.3 Å². The van der Waals surface area contributed by atoms with Gasteiger partial charge in [-0.15, -0.1) is 0 Å². The van der Waals surface area contributed by atoms with E-state index < -0.39 is 0 Å². The molecule has 2 amide bonds. The van der Waals surface area contributed by atoms with Crippen LogP contribution in [0.5, 0.6) is 0 Å². The average Bonchev–Trinajstić information content (AvgIpc) is 3.18. The van der Waals surface area contributed by atoms with Crippen molar-refractivity contribution >= 4 is 11.8 Å². The van der Waals surface area contributed by atoms with Crippen molar-refractivity contribution in [2.24, 2.45) is 0 Å². The van der Waals surface area contributed by atoms with E-state index in [4.69, 9.17) is 0 Å². The van der Waals surface area contributed by atoms with Crippen LogP contribution in [0.3, 0.4) is 0 Å². The quantitative estimate of drug-likeness (QED) is 0.618. The first-order valence-electron chi connectivity index (χ1n) is 10.8. The number of rotatable bonds is 7. The Morgan fingerprint density at radius 3 is 2.55 bits per heavy atom. The smallest absolute Gasteiger partial charge is 0.251 e. The summed E-state index contributed by atoms with van der Waals surface area (Å²) in [5.41, 5.74) is 4.11. The van der Waals surface area contributed by atoms with Crippen LogP contribution < -0.4 is 10.6 Å². The third-order valence-electron chi connectivity index (χ3n) is 5.68. The monoisotopic (exact) mass is 416 g/mol. The Morgan fingerprint density at radius 1 is 1.10 bits per heavy atom. The maximum Gasteiger partial charge on any atom is 0.251 e. The van der Waals surface area contributed by atoms with E-state index in [9.17, 15) is 9.59 Å². The number of benzene rings is 2. The van der Waals surface area contributed by atoms with Crippen molar-refractivity contribution < 1.29 is 9.59 Å². The molecule has 0 saturated carbocycles. The molecule has 1 aliphatic rings. The first-order chi connectivity index (χ1) is 15.1. The molecule has 6 heteroatoms. The lowest BCUT2D eigenvalue weighted by molar-refractivity contribution is -0.122. The van der Waals surface area contributed by atoms with Gasteiger partial charge in [0.25, 0.3) is 5.91 Å². The third kappa shape index (κ3) is 5.20. The molecule has 1 aromatic heterocycles. The summed E-state index contributed by atoms with van der Waals surface area (Å²) in [7, 11) is 0. The molecule has 4 rings (SSSR count). The molecule has 0 aliphatic heterocycles. The summed E-state index contributed by atoms with van der Waals surface area (Å²) >= 11 is 0. The fraction of sp³-hybridized carbons (Fsp3) is 0.320. The van der Waals surface area contributed by atoms with Gasteiger partial charge in [-0.25, -0.2) is 0 Å². The van der Waals surface area contributed by atoms with Crippen LogP contribution in [0, 0.1) is 0 Å². The maximum absolute atomic E-state index is 12.7. The number of nitrogens with zero attached hydrogens (tertiary/aromatic N) is 2. The van der Waals surface area contributed by atoms with Gasteiger partial charge in [-0.1, -0.05) is 48.5 Å². The van der Waals surface area contributed by atoms with Crippen LogP contribution in [0.15, 0.2) is 66.9 Å². The fourth-order valence-corrected chi connectivity index (χ4v) is 4.14. The van der Waals surface area contributed by atoms with Crippen LogP contribution in [0.2, 0.25) is 0 Å². The summed E-state index contributed by atoms with van der Waals surface area (Å²) < 4.78 is 2.05. The van der Waals surface area contributed by atoms with Gasteiger partial charge in [0, 0.05) is 29.3 Å². The van der Waals surface area contributed by atoms with Crippen LogP contribution >= 0.6 is 0 Å². The van der Waals surface area contributed by atoms with Gasteiger partial charge in [-0.05, 0) is 43.9 Å². The zero-order chi connectivity index (χ0) is 21.6. The zero-order valence-corrected chi connectivity index (χ0v) is 17.8. The number of carbonyl (C=O) groups is 2. The van der Waals surface area contributed by atoms with Gasteiger partial charge in [-0.2, -0.15) is 5.10 Å². The molecule has 0 bridgehead atoms. The van der Waals surface area contributed by atoms with Gasteiger partial charge in [0.15, 0.2) is 0 Å². The summed E-state index contributed by atoms with van der Waals surface area (Å²) in [5, 5.41) is 10.6. The molecule has 6 nitrogen and oxygen atoms in total. The summed E-state index contributed by atoms with van der Waals surface area (Å²) in [6, 6.07) is 19.0. The number of fused-ring (bicyclic) bond motifs is 1. The molecule has 2 atom stereocenters. The Labute approximate surface area is 182 Å². The predicted octanol–water partition coefficient (Wildman–Crippen LogP) is 3.63. The number of carbonyl (C=O) groups excluding carboxylic acids is 2. The number of aromatic nitrogens is 2. The van der Waals surface area contributed by atoms with Crippen LogP contribution in [0.1, 0.15) is 59.4 Å². The molecule has 2 N–H and O–H groups in total. The number of amides is 2. The van der Waals surface area contributed by atoms with Gasteiger partial charge >= 0.3 is 0 Å². The van der Waals surface area contributed by atoms with E-state index in [2.05, 4.69) is 27.9 Å². The minimum absolute atomic E-state index is 0.0298. The molecule has 0 saturated heterocycles. The Bertz CT molecular complexity index is 1030. The number of hydrogen-bond acceptors (Lipinski definition) is 3. The van der Waals surface area contributed by atoms with E-state index in [1.54, 1.807) is 12.1 Å².